The molecule has 0 amide bonds. The van der Waals surface area contributed by atoms with Crippen molar-refractivity contribution in [2.75, 3.05) is 0 Å². The van der Waals surface area contributed by atoms with Crippen molar-refractivity contribution in [2.45, 2.75) is 0 Å². The van der Waals surface area contributed by atoms with Crippen molar-refractivity contribution in [1.82, 2.24) is 0 Å². The third kappa shape index (κ3) is 3.48. The summed E-state index contributed by atoms with van der Waals surface area (Å²) in [7, 11) is 0. The number of furan rings is 1. The van der Waals surface area contributed by atoms with Crippen LogP contribution in [0.15, 0.2) is 150 Å². The molecule has 0 fully saturated rings. The van der Waals surface area contributed by atoms with E-state index in [0.29, 0.717) is 5.56 Å². The van der Waals surface area contributed by atoms with E-state index in [1.165, 1.54) is 0 Å². The van der Waals surface area contributed by atoms with Crippen molar-refractivity contribution in [2.24, 2.45) is 0 Å². The molecule has 7 aromatic carbocycles. The molecule has 0 atom stereocenters. The summed E-state index contributed by atoms with van der Waals surface area (Å²) in [6, 6.07) is 32.2. The van der Waals surface area contributed by atoms with Gasteiger partial charge in [-0.25, -0.2) is 0 Å². The smallest absolute Gasteiger partial charge is 0.136 e. The molecule has 182 valence electrons. The van der Waals surface area contributed by atoms with Crippen LogP contribution >= 0.6 is 0 Å². The van der Waals surface area contributed by atoms with E-state index in [1.54, 1.807) is 0 Å². The number of para-hydroxylation sites is 1. The number of hydrogen-bond acceptors (Lipinski definition) is 1. The van der Waals surface area contributed by atoms with Crippen molar-refractivity contribution >= 4 is 43.5 Å². The topological polar surface area (TPSA) is 13.1 Å². The maximum absolute atomic E-state index is 9.36. The summed E-state index contributed by atoms with van der Waals surface area (Å²) in [5.41, 5.74) is 4.96. The fourth-order valence-electron chi connectivity index (χ4n) is 5.59. The van der Waals surface area contributed by atoms with Crippen LogP contribution in [0, 0.1) is 0 Å². The van der Waals surface area contributed by atoms with Crippen LogP contribution in [-0.4, -0.2) is 0 Å². The summed E-state index contributed by atoms with van der Waals surface area (Å²) in [5, 5.41) is 3.54. The second-order valence-corrected chi connectivity index (χ2v) is 9.54. The third-order valence-corrected chi connectivity index (χ3v) is 7.35. The second-order valence-electron chi connectivity index (χ2n) is 9.54. The van der Waals surface area contributed by atoms with E-state index < -0.39 is 12.1 Å². The predicted molar refractivity (Wildman–Crippen MR) is 165 cm³/mol. The number of rotatable bonds is 3. The van der Waals surface area contributed by atoms with Gasteiger partial charge in [-0.05, 0) is 73.1 Å². The van der Waals surface area contributed by atoms with Gasteiger partial charge in [0.15, 0.2) is 0 Å². The minimum atomic E-state index is -0.453. The molecule has 1 heterocycles. The minimum Gasteiger partial charge on any atom is -0.456 e. The van der Waals surface area contributed by atoms with Crippen LogP contribution in [0.25, 0.3) is 76.9 Å². The van der Waals surface area contributed by atoms with E-state index in [4.69, 9.17) is 11.3 Å². The van der Waals surface area contributed by atoms with Gasteiger partial charge >= 0.3 is 0 Å². The fraction of sp³-hybridized carbons (Fsp3) is 0. The summed E-state index contributed by atoms with van der Waals surface area (Å²) >= 11 is 0. The highest BCUT2D eigenvalue weighted by molar-refractivity contribution is 6.22. The van der Waals surface area contributed by atoms with Gasteiger partial charge < -0.3 is 4.42 Å². The van der Waals surface area contributed by atoms with E-state index in [9.17, 15) is 2.74 Å². The molecular weight excluding hydrogens is 472 g/mol. The monoisotopic (exact) mass is 503 g/mol. The molecule has 0 bridgehead atoms. The van der Waals surface area contributed by atoms with E-state index in [1.807, 2.05) is 66.7 Å². The minimum absolute atomic E-state index is 0.0172. The highest BCUT2D eigenvalue weighted by atomic mass is 16.3. The molecule has 0 N–H and O–H groups in total. The molecule has 0 aliphatic rings. The predicted octanol–water partition coefficient (Wildman–Crippen LogP) is 10.9. The van der Waals surface area contributed by atoms with Gasteiger partial charge in [0.2, 0.25) is 0 Å². The Morgan fingerprint density at radius 3 is 1.56 bits per heavy atom. The Hall–Kier alpha value is -5.14. The maximum Gasteiger partial charge on any atom is 0.136 e. The molecule has 0 unspecified atom stereocenters. The maximum atomic E-state index is 9.36. The molecule has 39 heavy (non-hydrogen) atoms. The lowest BCUT2D eigenvalue weighted by molar-refractivity contribution is 0.669. The van der Waals surface area contributed by atoms with E-state index >= 15 is 0 Å². The van der Waals surface area contributed by atoms with Crippen LogP contribution in [0.4, 0.5) is 0 Å². The molecule has 1 aromatic heterocycles. The first-order valence-electron chi connectivity index (χ1n) is 16.3. The van der Waals surface area contributed by atoms with Crippen LogP contribution in [0.2, 0.25) is 0 Å². The largest absolute Gasteiger partial charge is 0.456 e. The van der Waals surface area contributed by atoms with Crippen molar-refractivity contribution < 1.29 is 14.0 Å². The molecule has 0 saturated carbocycles. The molecule has 0 spiro atoms. The van der Waals surface area contributed by atoms with Gasteiger partial charge in [0.05, 0.1) is 9.60 Å². The van der Waals surface area contributed by atoms with Gasteiger partial charge in [0.25, 0.3) is 0 Å². The van der Waals surface area contributed by atoms with Crippen molar-refractivity contribution in [3.05, 3.63) is 145 Å². The van der Waals surface area contributed by atoms with Crippen molar-refractivity contribution in [1.29, 1.82) is 0 Å². The summed E-state index contributed by atoms with van der Waals surface area (Å²) in [6.45, 7) is 0. The SMILES string of the molecule is [2H]c1c([2H])c([2H])c2c(oc3c([2H])c(-c4c5ccccc5c(-c5ccc(-c6ccccc6)cc5)c5ccccc45)c([2H])c([2H])c32)c1[2H]. The van der Waals surface area contributed by atoms with Gasteiger partial charge in [0.1, 0.15) is 11.2 Å². The highest BCUT2D eigenvalue weighted by Crippen LogP contribution is 2.44. The Labute approximate surface area is 236 Å². The lowest BCUT2D eigenvalue weighted by atomic mass is 9.85. The van der Waals surface area contributed by atoms with Crippen LogP contribution in [0.3, 0.4) is 0 Å². The van der Waals surface area contributed by atoms with E-state index in [-0.39, 0.29) is 57.7 Å². The zero-order chi connectivity index (χ0) is 31.9. The molecular formula is C38H24O. The van der Waals surface area contributed by atoms with Crippen LogP contribution in [-0.2, 0) is 0 Å². The Balaban J connectivity index is 1.46. The first kappa shape index (κ1) is 16.0. The average Bonchev–Trinajstić information content (AvgIpc) is 3.51. The van der Waals surface area contributed by atoms with Gasteiger partial charge in [-0.2, -0.15) is 0 Å². The van der Waals surface area contributed by atoms with Crippen molar-refractivity contribution in [3.8, 4) is 33.4 Å². The van der Waals surface area contributed by atoms with Gasteiger partial charge in [-0.1, -0.05) is 127 Å². The van der Waals surface area contributed by atoms with Gasteiger partial charge in [-0.15, -0.1) is 0 Å². The van der Waals surface area contributed by atoms with Crippen LogP contribution < -0.4 is 0 Å². The molecule has 0 aliphatic heterocycles. The molecule has 8 aromatic rings. The number of hydrogen-bond donors (Lipinski definition) is 0. The van der Waals surface area contributed by atoms with Gasteiger partial charge in [0, 0.05) is 10.8 Å². The van der Waals surface area contributed by atoms with E-state index in [0.717, 1.165) is 43.8 Å². The normalized spacial score (nSPS) is 14.1. The number of benzene rings is 7. The zero-order valence-corrected chi connectivity index (χ0v) is 20.7. The molecule has 1 nitrogen and oxygen atoms in total. The molecule has 0 radical (unpaired) electrons. The summed E-state index contributed by atoms with van der Waals surface area (Å²) in [5.74, 6) is 0. The fourth-order valence-corrected chi connectivity index (χ4v) is 5.59. The van der Waals surface area contributed by atoms with Crippen LogP contribution in [0.1, 0.15) is 9.60 Å². The summed E-state index contributed by atoms with van der Waals surface area (Å²) < 4.78 is 66.8. The Bertz CT molecular complexity index is 2480. The van der Waals surface area contributed by atoms with Crippen LogP contribution in [0.5, 0.6) is 0 Å². The number of fused-ring (bicyclic) bond motifs is 5. The lowest BCUT2D eigenvalue weighted by Gasteiger charge is -2.18. The first-order chi connectivity index (χ1) is 22.3. The zero-order valence-electron chi connectivity index (χ0n) is 27.7. The average molecular weight is 504 g/mol. The van der Waals surface area contributed by atoms with Crippen molar-refractivity contribution in [3.63, 3.8) is 0 Å². The second kappa shape index (κ2) is 8.72. The summed E-state index contributed by atoms with van der Waals surface area (Å²) in [4.78, 5) is 0. The Morgan fingerprint density at radius 1 is 0.385 bits per heavy atom. The summed E-state index contributed by atoms with van der Waals surface area (Å²) in [6.07, 6.45) is 0. The lowest BCUT2D eigenvalue weighted by Crippen LogP contribution is -1.91. The third-order valence-electron chi connectivity index (χ3n) is 7.35. The Kier molecular flexibility index (Phi) is 3.57. The standard InChI is InChI=1S/C38H24O/c1-2-10-25(11-3-1)26-18-20-27(21-19-26)37-31-13-4-6-15-33(31)38(34-16-7-5-14-32(34)37)28-22-23-30-29-12-8-9-17-35(29)39-36(30)24-28/h1-24H/i8D,9D,12D,17D,22D,23D,24D. The quantitative estimate of drug-likeness (QED) is 0.219. The van der Waals surface area contributed by atoms with E-state index in [2.05, 4.69) is 36.4 Å². The van der Waals surface area contributed by atoms with Gasteiger partial charge in [-0.3, -0.25) is 0 Å². The molecule has 1 heteroatoms. The Morgan fingerprint density at radius 2 is 0.897 bits per heavy atom. The molecule has 0 saturated heterocycles. The molecule has 8 rings (SSSR count). The molecule has 0 aliphatic carbocycles. The first-order valence-corrected chi connectivity index (χ1v) is 12.8. The highest BCUT2D eigenvalue weighted by Gasteiger charge is 2.17.